The number of carbonyl (C=O) groups is 2. The minimum atomic E-state index is -1.85. The van der Waals surface area contributed by atoms with Gasteiger partial charge in [0.15, 0.2) is 23.3 Å². The molecule has 2 bridgehead atoms. The predicted octanol–water partition coefficient (Wildman–Crippen LogP) is 5.27. The van der Waals surface area contributed by atoms with Gasteiger partial charge >= 0.3 is 5.97 Å². The van der Waals surface area contributed by atoms with Gasteiger partial charge in [-0.2, -0.15) is 0 Å². The summed E-state index contributed by atoms with van der Waals surface area (Å²) in [4.78, 5) is 28.6. The topological polar surface area (TPSA) is 91.3 Å². The number of Topliss-reactive ketones (excluding diaryl/α,β-unsaturated/α-hetero) is 1. The lowest BCUT2D eigenvalue weighted by molar-refractivity contribution is -0.302. The number of para-hydroxylation sites is 1. The first-order chi connectivity index (χ1) is 18.6. The molecule has 1 aliphatic heterocycles. The molecule has 2 saturated carbocycles. The van der Waals surface area contributed by atoms with Gasteiger partial charge in [0.25, 0.3) is 0 Å². The summed E-state index contributed by atoms with van der Waals surface area (Å²) in [5.74, 6) is -1.22. The highest BCUT2D eigenvalue weighted by atomic mass is 16.7. The third kappa shape index (κ3) is 3.66. The zero-order valence-electron chi connectivity index (χ0n) is 24.8. The number of benzene rings is 1. The maximum atomic E-state index is 14.8. The first-order valence-corrected chi connectivity index (χ1v) is 14.6. The molecular formula is C33H42O7. The first kappa shape index (κ1) is 27.7. The van der Waals surface area contributed by atoms with Gasteiger partial charge in [-0.3, -0.25) is 4.79 Å². The van der Waals surface area contributed by atoms with Gasteiger partial charge in [-0.05, 0) is 87.5 Å². The molecule has 7 nitrogen and oxygen atoms in total. The highest BCUT2D eigenvalue weighted by Gasteiger charge is 2.77. The molecule has 5 aliphatic rings. The fraction of sp³-hybridized carbons (Fsp3) is 0.636. The van der Waals surface area contributed by atoms with Crippen LogP contribution in [0.5, 0.6) is 5.75 Å². The molecule has 0 amide bonds. The molecule has 40 heavy (non-hydrogen) atoms. The second kappa shape index (κ2) is 8.76. The van der Waals surface area contributed by atoms with Crippen LogP contribution in [0.4, 0.5) is 0 Å². The fourth-order valence-electron chi connectivity index (χ4n) is 8.46. The smallest absolute Gasteiger partial charge is 0.342 e. The largest absolute Gasteiger partial charge is 0.490 e. The average molecular weight is 551 g/mol. The molecule has 4 aliphatic carbocycles. The van der Waals surface area contributed by atoms with Crippen LogP contribution in [0.2, 0.25) is 0 Å². The number of hydrogen-bond acceptors (Lipinski definition) is 7. The van der Waals surface area contributed by atoms with Gasteiger partial charge in [0, 0.05) is 5.92 Å². The van der Waals surface area contributed by atoms with Crippen LogP contribution < -0.4 is 4.74 Å². The highest BCUT2D eigenvalue weighted by molar-refractivity contribution is 5.96. The number of fused-ring (bicyclic) bond motifs is 5. The lowest BCUT2D eigenvalue weighted by atomic mass is 9.59. The Morgan fingerprint density at radius 1 is 1.15 bits per heavy atom. The summed E-state index contributed by atoms with van der Waals surface area (Å²) in [6.07, 6.45) is 2.59. The van der Waals surface area contributed by atoms with E-state index in [1.165, 1.54) is 0 Å². The molecule has 1 saturated heterocycles. The van der Waals surface area contributed by atoms with Crippen molar-refractivity contribution in [1.82, 2.24) is 0 Å². The van der Waals surface area contributed by atoms with Crippen molar-refractivity contribution in [2.24, 2.45) is 34.5 Å². The molecule has 1 aromatic rings. The Bertz CT molecular complexity index is 1320. The van der Waals surface area contributed by atoms with E-state index in [9.17, 15) is 14.7 Å². The van der Waals surface area contributed by atoms with Crippen LogP contribution in [-0.4, -0.2) is 53.2 Å². The fourth-order valence-corrected chi connectivity index (χ4v) is 8.46. The van der Waals surface area contributed by atoms with Gasteiger partial charge in [0.05, 0.1) is 18.1 Å². The summed E-state index contributed by atoms with van der Waals surface area (Å²) >= 11 is 0. The van der Waals surface area contributed by atoms with E-state index in [1.807, 2.05) is 46.8 Å². The number of ether oxygens (including phenoxy) is 4. The van der Waals surface area contributed by atoms with Crippen LogP contribution in [0, 0.1) is 34.5 Å². The summed E-state index contributed by atoms with van der Waals surface area (Å²) < 4.78 is 24.7. The van der Waals surface area contributed by atoms with Crippen LogP contribution in [-0.2, 0) is 19.0 Å². The zero-order valence-corrected chi connectivity index (χ0v) is 24.8. The number of carbonyl (C=O) groups excluding carboxylic acids is 2. The third-order valence-corrected chi connectivity index (χ3v) is 10.4. The number of allylic oxidation sites excluding steroid dienone is 1. The molecule has 1 heterocycles. The molecule has 1 aromatic carbocycles. The van der Waals surface area contributed by atoms with Gasteiger partial charge in [0.1, 0.15) is 17.4 Å². The van der Waals surface area contributed by atoms with E-state index >= 15 is 0 Å². The van der Waals surface area contributed by atoms with Crippen LogP contribution in [0.25, 0.3) is 0 Å². The summed E-state index contributed by atoms with van der Waals surface area (Å²) in [6, 6.07) is 6.95. The molecule has 3 fully saturated rings. The van der Waals surface area contributed by atoms with Crippen molar-refractivity contribution in [3.63, 3.8) is 0 Å². The Hall–Kier alpha value is -2.48. The standard InChI is InChI=1S/C33H42O7/c1-17(2)38-24-12-10-9-11-21(24)29(35)39-27-18(3)15-32-19(4)13-23-25(30(23,5)6)22(26(32)34)14-20-16-37-31(7,8)40-28(20)33(27,32)36/h9-12,14-15,17,19,22-23,25,27-28,36H,13,16H2,1-8H3/t19-,22+,23-,25+,27+,28-,32+,33-/m1/s1. The molecule has 6 rings (SSSR count). The van der Waals surface area contributed by atoms with E-state index in [0.717, 1.165) is 12.0 Å². The maximum Gasteiger partial charge on any atom is 0.342 e. The van der Waals surface area contributed by atoms with Crippen LogP contribution in [0.3, 0.4) is 0 Å². The molecule has 0 unspecified atom stereocenters. The Kier molecular flexibility index (Phi) is 6.06. The Labute approximate surface area is 236 Å². The normalized spacial score (nSPS) is 40.5. The molecular weight excluding hydrogens is 508 g/mol. The summed E-state index contributed by atoms with van der Waals surface area (Å²) in [7, 11) is 0. The second-order valence-corrected chi connectivity index (χ2v) is 13.9. The van der Waals surface area contributed by atoms with E-state index in [2.05, 4.69) is 20.8 Å². The zero-order chi connectivity index (χ0) is 29.0. The Balaban J connectivity index is 1.48. The Morgan fingerprint density at radius 2 is 1.85 bits per heavy atom. The van der Waals surface area contributed by atoms with Crippen molar-refractivity contribution in [1.29, 1.82) is 0 Å². The van der Waals surface area contributed by atoms with E-state index in [1.54, 1.807) is 24.3 Å². The van der Waals surface area contributed by atoms with Crippen molar-refractivity contribution in [3.05, 3.63) is 53.1 Å². The highest BCUT2D eigenvalue weighted by Crippen LogP contribution is 2.72. The molecule has 0 aromatic heterocycles. The molecule has 7 heteroatoms. The minimum absolute atomic E-state index is 0.00896. The Morgan fingerprint density at radius 3 is 2.55 bits per heavy atom. The van der Waals surface area contributed by atoms with Gasteiger partial charge in [-0.15, -0.1) is 0 Å². The average Bonchev–Trinajstić information content (AvgIpc) is 3.36. The number of ketones is 1. The van der Waals surface area contributed by atoms with Crippen LogP contribution in [0.15, 0.2) is 47.6 Å². The summed E-state index contributed by atoms with van der Waals surface area (Å²) in [5.41, 5.74) is -1.43. The number of esters is 1. The van der Waals surface area contributed by atoms with E-state index < -0.39 is 35.0 Å². The van der Waals surface area contributed by atoms with E-state index in [-0.39, 0.29) is 47.2 Å². The van der Waals surface area contributed by atoms with Gasteiger partial charge < -0.3 is 24.1 Å². The first-order valence-electron chi connectivity index (χ1n) is 14.6. The predicted molar refractivity (Wildman–Crippen MR) is 149 cm³/mol. The minimum Gasteiger partial charge on any atom is -0.490 e. The van der Waals surface area contributed by atoms with Crippen molar-refractivity contribution in [2.75, 3.05) is 6.61 Å². The van der Waals surface area contributed by atoms with Crippen molar-refractivity contribution < 1.29 is 33.6 Å². The summed E-state index contributed by atoms with van der Waals surface area (Å²) in [5, 5.41) is 13.2. The lowest BCUT2D eigenvalue weighted by Gasteiger charge is -2.52. The monoisotopic (exact) mass is 550 g/mol. The number of hydrogen-bond donors (Lipinski definition) is 1. The van der Waals surface area contributed by atoms with Crippen molar-refractivity contribution in [3.8, 4) is 5.75 Å². The quantitative estimate of drug-likeness (QED) is 0.404. The SMILES string of the molecule is CC1=C[C@]23C(=O)[C@@H](C=C4COC(C)(C)O[C@H]4[C@]2(O)[C@H]1OC(=O)c1ccccc1OC(C)C)[C@H]1[C@@H](C[C@H]3C)C1(C)C. The van der Waals surface area contributed by atoms with E-state index in [0.29, 0.717) is 17.2 Å². The summed E-state index contributed by atoms with van der Waals surface area (Å²) in [6.45, 7) is 16.0. The molecule has 216 valence electrons. The number of aliphatic hydroxyl groups is 1. The third-order valence-electron chi connectivity index (χ3n) is 10.4. The van der Waals surface area contributed by atoms with Gasteiger partial charge in [-0.25, -0.2) is 4.79 Å². The molecule has 1 spiro atoms. The molecule has 0 radical (unpaired) electrons. The van der Waals surface area contributed by atoms with Crippen molar-refractivity contribution >= 4 is 11.8 Å². The van der Waals surface area contributed by atoms with Crippen molar-refractivity contribution in [2.45, 2.75) is 91.5 Å². The molecule has 8 atom stereocenters. The van der Waals surface area contributed by atoms with Gasteiger partial charge in [0.2, 0.25) is 0 Å². The maximum absolute atomic E-state index is 14.8. The lowest BCUT2D eigenvalue weighted by Crippen LogP contribution is -2.68. The van der Waals surface area contributed by atoms with Gasteiger partial charge in [-0.1, -0.05) is 45.1 Å². The van der Waals surface area contributed by atoms with Crippen LogP contribution in [0.1, 0.15) is 72.2 Å². The molecule has 1 N–H and O–H groups in total. The van der Waals surface area contributed by atoms with E-state index in [4.69, 9.17) is 18.9 Å². The van der Waals surface area contributed by atoms with Crippen LogP contribution >= 0.6 is 0 Å². The second-order valence-electron chi connectivity index (χ2n) is 13.9. The number of rotatable bonds is 4.